The van der Waals surface area contributed by atoms with Gasteiger partial charge in [-0.25, -0.2) is 4.39 Å². The molecule has 0 amide bonds. The standard InChI is InChI=1S/C19H21BrFNO3/c1-12-8-16(13(2)22(12)10-15-4-3-7-24-15)18(23)11-25-19-6-5-14(20)9-17(19)21/h5-6,8-9,15H,3-4,7,10-11H2,1-2H3/t15-/m1/s1. The van der Waals surface area contributed by atoms with E-state index >= 15 is 0 Å². The zero-order valence-electron chi connectivity index (χ0n) is 14.4. The van der Waals surface area contributed by atoms with Crippen LogP contribution >= 0.6 is 15.9 Å². The van der Waals surface area contributed by atoms with Gasteiger partial charge in [0.1, 0.15) is 0 Å². The lowest BCUT2D eigenvalue weighted by Crippen LogP contribution is -2.18. The molecule has 1 aliphatic rings. The lowest BCUT2D eigenvalue weighted by atomic mass is 10.1. The maximum atomic E-state index is 13.8. The van der Waals surface area contributed by atoms with Crippen molar-refractivity contribution in [3.8, 4) is 5.75 Å². The molecule has 2 aromatic rings. The Bertz CT molecular complexity index is 781. The van der Waals surface area contributed by atoms with Crippen LogP contribution in [0.15, 0.2) is 28.7 Å². The lowest BCUT2D eigenvalue weighted by molar-refractivity contribution is 0.0912. The van der Waals surface area contributed by atoms with Gasteiger partial charge < -0.3 is 14.0 Å². The van der Waals surface area contributed by atoms with Crippen LogP contribution in [0.2, 0.25) is 0 Å². The van der Waals surface area contributed by atoms with Gasteiger partial charge in [0, 0.05) is 34.6 Å². The number of hydrogen-bond acceptors (Lipinski definition) is 3. The molecule has 1 fully saturated rings. The fourth-order valence-electron chi connectivity index (χ4n) is 3.17. The highest BCUT2D eigenvalue weighted by molar-refractivity contribution is 9.10. The summed E-state index contributed by atoms with van der Waals surface area (Å²) < 4.78 is 27.6. The summed E-state index contributed by atoms with van der Waals surface area (Å²) in [4.78, 5) is 12.5. The highest BCUT2D eigenvalue weighted by Crippen LogP contribution is 2.23. The molecular weight excluding hydrogens is 389 g/mol. The lowest BCUT2D eigenvalue weighted by Gasteiger charge is -2.14. The van der Waals surface area contributed by atoms with Crippen molar-refractivity contribution in [1.29, 1.82) is 0 Å². The summed E-state index contributed by atoms with van der Waals surface area (Å²) >= 11 is 3.19. The van der Waals surface area contributed by atoms with Gasteiger partial charge in [0.25, 0.3) is 0 Å². The predicted molar refractivity (Wildman–Crippen MR) is 96.8 cm³/mol. The van der Waals surface area contributed by atoms with Crippen molar-refractivity contribution in [3.63, 3.8) is 0 Å². The summed E-state index contributed by atoms with van der Waals surface area (Å²) in [6, 6.07) is 6.37. The van der Waals surface area contributed by atoms with Crippen molar-refractivity contribution in [2.24, 2.45) is 0 Å². The second kappa shape index (κ2) is 7.70. The van der Waals surface area contributed by atoms with E-state index < -0.39 is 5.82 Å². The number of ketones is 1. The normalized spacial score (nSPS) is 17.0. The van der Waals surface area contributed by atoms with E-state index in [1.54, 1.807) is 6.07 Å². The van der Waals surface area contributed by atoms with Crippen LogP contribution in [0.25, 0.3) is 0 Å². The highest BCUT2D eigenvalue weighted by Gasteiger charge is 2.21. The average Bonchev–Trinajstić information content (AvgIpc) is 3.17. The van der Waals surface area contributed by atoms with E-state index in [1.807, 2.05) is 19.9 Å². The molecule has 0 unspecified atom stereocenters. The molecule has 6 heteroatoms. The van der Waals surface area contributed by atoms with E-state index in [0.717, 1.165) is 37.4 Å². The van der Waals surface area contributed by atoms with Crippen LogP contribution in [-0.4, -0.2) is 29.7 Å². The summed E-state index contributed by atoms with van der Waals surface area (Å²) in [5.41, 5.74) is 2.54. The summed E-state index contributed by atoms with van der Waals surface area (Å²) in [7, 11) is 0. The molecule has 25 heavy (non-hydrogen) atoms. The molecule has 0 N–H and O–H groups in total. The number of hydrogen-bond donors (Lipinski definition) is 0. The fourth-order valence-corrected chi connectivity index (χ4v) is 3.50. The van der Waals surface area contributed by atoms with Crippen LogP contribution < -0.4 is 4.74 Å². The molecule has 2 heterocycles. The van der Waals surface area contributed by atoms with Crippen molar-refractivity contribution in [2.45, 2.75) is 39.3 Å². The van der Waals surface area contributed by atoms with E-state index in [0.29, 0.717) is 10.0 Å². The molecule has 3 rings (SSSR count). The van der Waals surface area contributed by atoms with Crippen LogP contribution in [0.4, 0.5) is 4.39 Å². The number of ether oxygens (including phenoxy) is 2. The third-order valence-electron chi connectivity index (χ3n) is 4.54. The number of Topliss-reactive ketones (excluding diaryl/α,β-unsaturated/α-hetero) is 1. The third-order valence-corrected chi connectivity index (χ3v) is 5.03. The molecule has 0 spiro atoms. The van der Waals surface area contributed by atoms with E-state index in [-0.39, 0.29) is 24.2 Å². The zero-order chi connectivity index (χ0) is 18.0. The Hall–Kier alpha value is -1.66. The fraction of sp³-hybridized carbons (Fsp3) is 0.421. The number of aryl methyl sites for hydroxylation is 1. The molecule has 134 valence electrons. The van der Waals surface area contributed by atoms with Gasteiger partial charge in [0.05, 0.1) is 6.10 Å². The number of rotatable bonds is 6. The average molecular weight is 410 g/mol. The predicted octanol–water partition coefficient (Wildman–Crippen LogP) is 4.45. The van der Waals surface area contributed by atoms with Gasteiger partial charge in [-0.15, -0.1) is 0 Å². The van der Waals surface area contributed by atoms with Crippen LogP contribution in [0.1, 0.15) is 34.6 Å². The van der Waals surface area contributed by atoms with E-state index in [1.165, 1.54) is 12.1 Å². The quantitative estimate of drug-likeness (QED) is 0.661. The summed E-state index contributed by atoms with van der Waals surface area (Å²) in [6.07, 6.45) is 2.34. The first-order valence-corrected chi connectivity index (χ1v) is 9.14. The van der Waals surface area contributed by atoms with Crippen LogP contribution in [0.5, 0.6) is 5.75 Å². The molecule has 0 radical (unpaired) electrons. The second-order valence-electron chi connectivity index (χ2n) is 6.32. The van der Waals surface area contributed by atoms with E-state index in [2.05, 4.69) is 20.5 Å². The molecule has 1 aromatic carbocycles. The molecule has 0 aliphatic carbocycles. The molecule has 4 nitrogen and oxygen atoms in total. The number of carbonyl (C=O) groups excluding carboxylic acids is 1. The Labute approximate surface area is 155 Å². The monoisotopic (exact) mass is 409 g/mol. The Morgan fingerprint density at radius 3 is 2.88 bits per heavy atom. The maximum Gasteiger partial charge on any atom is 0.202 e. The first-order chi connectivity index (χ1) is 12.0. The zero-order valence-corrected chi connectivity index (χ0v) is 15.9. The first-order valence-electron chi connectivity index (χ1n) is 8.35. The Morgan fingerprint density at radius 2 is 2.20 bits per heavy atom. The molecule has 1 aliphatic heterocycles. The molecule has 0 bridgehead atoms. The minimum Gasteiger partial charge on any atom is -0.482 e. The molecule has 1 saturated heterocycles. The minimum absolute atomic E-state index is 0.0738. The van der Waals surface area contributed by atoms with Gasteiger partial charge in [-0.05, 0) is 51.0 Å². The van der Waals surface area contributed by atoms with Crippen LogP contribution in [0, 0.1) is 19.7 Å². The molecule has 1 atom stereocenters. The molecule has 1 aromatic heterocycles. The maximum absolute atomic E-state index is 13.8. The van der Waals surface area contributed by atoms with Gasteiger partial charge in [-0.2, -0.15) is 0 Å². The number of halogens is 2. The first kappa shape index (κ1) is 18.1. The van der Waals surface area contributed by atoms with Crippen molar-refractivity contribution in [1.82, 2.24) is 4.57 Å². The number of nitrogens with zero attached hydrogens (tertiary/aromatic N) is 1. The van der Waals surface area contributed by atoms with Crippen molar-refractivity contribution < 1.29 is 18.7 Å². The molecular formula is C19H21BrFNO3. The summed E-state index contributed by atoms with van der Waals surface area (Å²) in [6.45, 7) is 5.28. The SMILES string of the molecule is Cc1cc(C(=O)COc2ccc(Br)cc2F)c(C)n1C[C@H]1CCCO1. The van der Waals surface area contributed by atoms with Crippen molar-refractivity contribution in [3.05, 3.63) is 51.5 Å². The number of carbonyl (C=O) groups is 1. The third kappa shape index (κ3) is 4.12. The van der Waals surface area contributed by atoms with Crippen molar-refractivity contribution in [2.75, 3.05) is 13.2 Å². The topological polar surface area (TPSA) is 40.5 Å². The van der Waals surface area contributed by atoms with Gasteiger partial charge in [-0.3, -0.25) is 4.79 Å². The number of benzene rings is 1. The van der Waals surface area contributed by atoms with Gasteiger partial charge in [-0.1, -0.05) is 15.9 Å². The Balaban J connectivity index is 1.69. The van der Waals surface area contributed by atoms with Crippen molar-refractivity contribution >= 4 is 21.7 Å². The summed E-state index contributed by atoms with van der Waals surface area (Å²) in [5, 5.41) is 0. The second-order valence-corrected chi connectivity index (χ2v) is 7.23. The number of aromatic nitrogens is 1. The van der Waals surface area contributed by atoms with E-state index in [4.69, 9.17) is 9.47 Å². The van der Waals surface area contributed by atoms with Crippen LogP contribution in [-0.2, 0) is 11.3 Å². The summed E-state index contributed by atoms with van der Waals surface area (Å²) in [5.74, 6) is -0.579. The van der Waals surface area contributed by atoms with Gasteiger partial charge >= 0.3 is 0 Å². The van der Waals surface area contributed by atoms with Gasteiger partial charge in [0.2, 0.25) is 5.78 Å². The minimum atomic E-state index is -0.494. The van der Waals surface area contributed by atoms with Crippen LogP contribution in [0.3, 0.4) is 0 Å². The van der Waals surface area contributed by atoms with E-state index in [9.17, 15) is 9.18 Å². The van der Waals surface area contributed by atoms with Gasteiger partial charge in [0.15, 0.2) is 18.2 Å². The molecule has 0 saturated carbocycles. The largest absolute Gasteiger partial charge is 0.482 e. The Kier molecular flexibility index (Phi) is 5.59. The highest BCUT2D eigenvalue weighted by atomic mass is 79.9. The smallest absolute Gasteiger partial charge is 0.202 e. The Morgan fingerprint density at radius 1 is 1.40 bits per heavy atom.